The van der Waals surface area contributed by atoms with Crippen LogP contribution in [-0.2, 0) is 0 Å². The monoisotopic (exact) mass is 343 g/mol. The number of amides is 2. The number of anilines is 1. The molecular formula is C13H18BrN3O3. The first-order valence-corrected chi connectivity index (χ1v) is 6.84. The van der Waals surface area contributed by atoms with Crippen molar-refractivity contribution in [3.8, 4) is 0 Å². The number of carbonyl (C=O) groups is 2. The first kappa shape index (κ1) is 16.5. The van der Waals surface area contributed by atoms with Crippen LogP contribution in [0.3, 0.4) is 0 Å². The van der Waals surface area contributed by atoms with E-state index in [1.165, 1.54) is 12.1 Å². The minimum Gasteiger partial charge on any atom is -0.478 e. The van der Waals surface area contributed by atoms with Crippen molar-refractivity contribution < 1.29 is 14.7 Å². The van der Waals surface area contributed by atoms with Crippen LogP contribution >= 0.6 is 15.9 Å². The highest BCUT2D eigenvalue weighted by molar-refractivity contribution is 9.10. The summed E-state index contributed by atoms with van der Waals surface area (Å²) >= 11 is 3.24. The van der Waals surface area contributed by atoms with E-state index in [0.29, 0.717) is 10.2 Å². The molecule has 1 aromatic carbocycles. The van der Waals surface area contributed by atoms with Crippen molar-refractivity contribution in [1.29, 1.82) is 0 Å². The molecule has 0 saturated carbocycles. The Balaban J connectivity index is 2.64. The predicted octanol–water partition coefficient (Wildman–Crippen LogP) is 2.22. The number of carbonyl (C=O) groups excluding carboxylic acids is 1. The molecule has 1 rings (SSSR count). The first-order valence-electron chi connectivity index (χ1n) is 6.04. The Morgan fingerprint density at radius 3 is 2.55 bits per heavy atom. The number of carboxylic acid groups (broad SMARTS) is 1. The Hall–Kier alpha value is -1.60. The van der Waals surface area contributed by atoms with Crippen LogP contribution in [0.4, 0.5) is 10.5 Å². The number of benzene rings is 1. The molecule has 0 spiro atoms. The Morgan fingerprint density at radius 1 is 1.40 bits per heavy atom. The lowest BCUT2D eigenvalue weighted by Crippen LogP contribution is -2.41. The number of nitrogens with one attached hydrogen (secondary N) is 2. The van der Waals surface area contributed by atoms with E-state index in [-0.39, 0.29) is 17.6 Å². The highest BCUT2D eigenvalue weighted by Gasteiger charge is 2.11. The number of nitrogens with zero attached hydrogens (tertiary/aromatic N) is 1. The van der Waals surface area contributed by atoms with Crippen LogP contribution in [-0.4, -0.2) is 48.7 Å². The maximum Gasteiger partial charge on any atom is 0.335 e. The summed E-state index contributed by atoms with van der Waals surface area (Å²) in [7, 11) is 3.86. The van der Waals surface area contributed by atoms with Gasteiger partial charge in [0.15, 0.2) is 0 Å². The summed E-state index contributed by atoms with van der Waals surface area (Å²) in [6, 6.07) is 4.10. The second-order valence-electron chi connectivity index (χ2n) is 4.76. The normalized spacial score (nSPS) is 12.1. The fourth-order valence-corrected chi connectivity index (χ4v) is 2.20. The maximum absolute atomic E-state index is 11.8. The molecule has 1 unspecified atom stereocenters. The SMILES string of the molecule is CC(CN(C)C)NC(=O)Nc1ccc(C(=O)O)cc1Br. The second-order valence-corrected chi connectivity index (χ2v) is 5.62. The van der Waals surface area contributed by atoms with Gasteiger partial charge in [-0.1, -0.05) is 0 Å². The summed E-state index contributed by atoms with van der Waals surface area (Å²) in [4.78, 5) is 24.6. The number of hydrogen-bond acceptors (Lipinski definition) is 3. The van der Waals surface area contributed by atoms with E-state index < -0.39 is 5.97 Å². The summed E-state index contributed by atoms with van der Waals surface area (Å²) in [5.41, 5.74) is 0.674. The van der Waals surface area contributed by atoms with Crippen molar-refractivity contribution >= 4 is 33.6 Å². The van der Waals surface area contributed by atoms with E-state index in [0.717, 1.165) is 6.54 Å². The molecule has 0 aliphatic rings. The molecule has 0 aromatic heterocycles. The third-order valence-corrected chi connectivity index (χ3v) is 3.14. The predicted molar refractivity (Wildman–Crippen MR) is 81.3 cm³/mol. The number of carboxylic acids is 1. The quantitative estimate of drug-likeness (QED) is 0.765. The van der Waals surface area contributed by atoms with Gasteiger partial charge in [-0.3, -0.25) is 0 Å². The molecule has 3 N–H and O–H groups in total. The van der Waals surface area contributed by atoms with Gasteiger partial charge in [-0.2, -0.15) is 0 Å². The van der Waals surface area contributed by atoms with Gasteiger partial charge in [0.05, 0.1) is 11.3 Å². The molecular weight excluding hydrogens is 326 g/mol. The smallest absolute Gasteiger partial charge is 0.335 e. The van der Waals surface area contributed by atoms with Gasteiger partial charge in [0.25, 0.3) is 0 Å². The zero-order valence-electron chi connectivity index (χ0n) is 11.6. The van der Waals surface area contributed by atoms with Gasteiger partial charge in [0, 0.05) is 17.1 Å². The van der Waals surface area contributed by atoms with Crippen molar-refractivity contribution in [2.24, 2.45) is 0 Å². The van der Waals surface area contributed by atoms with E-state index >= 15 is 0 Å². The molecule has 2 amide bonds. The Morgan fingerprint density at radius 2 is 2.05 bits per heavy atom. The molecule has 1 atom stereocenters. The molecule has 0 fully saturated rings. The molecule has 20 heavy (non-hydrogen) atoms. The van der Waals surface area contributed by atoms with E-state index in [1.54, 1.807) is 6.07 Å². The lowest BCUT2D eigenvalue weighted by Gasteiger charge is -2.18. The molecule has 7 heteroatoms. The molecule has 0 heterocycles. The van der Waals surface area contributed by atoms with Crippen LogP contribution in [0, 0.1) is 0 Å². The molecule has 110 valence electrons. The van der Waals surface area contributed by atoms with Gasteiger partial charge in [-0.25, -0.2) is 9.59 Å². The second kappa shape index (κ2) is 7.25. The zero-order chi connectivity index (χ0) is 15.3. The van der Waals surface area contributed by atoms with Gasteiger partial charge >= 0.3 is 12.0 Å². The zero-order valence-corrected chi connectivity index (χ0v) is 13.2. The van der Waals surface area contributed by atoms with Crippen LogP contribution in [0.5, 0.6) is 0 Å². The lowest BCUT2D eigenvalue weighted by atomic mass is 10.2. The average Bonchev–Trinajstić information content (AvgIpc) is 2.30. The largest absolute Gasteiger partial charge is 0.478 e. The summed E-state index contributed by atoms with van der Waals surface area (Å²) in [6.45, 7) is 2.63. The third-order valence-electron chi connectivity index (χ3n) is 2.48. The van der Waals surface area contributed by atoms with Crippen LogP contribution in [0.1, 0.15) is 17.3 Å². The van der Waals surface area contributed by atoms with E-state index in [9.17, 15) is 9.59 Å². The van der Waals surface area contributed by atoms with Crippen LogP contribution in [0.15, 0.2) is 22.7 Å². The summed E-state index contributed by atoms with van der Waals surface area (Å²) in [5, 5.41) is 14.3. The minimum absolute atomic E-state index is 0.00192. The van der Waals surface area contributed by atoms with Crippen molar-refractivity contribution in [2.45, 2.75) is 13.0 Å². The topological polar surface area (TPSA) is 81.7 Å². The number of rotatable bonds is 5. The average molecular weight is 344 g/mol. The van der Waals surface area contributed by atoms with Gasteiger partial charge in [0.1, 0.15) is 0 Å². The van der Waals surface area contributed by atoms with Crippen LogP contribution < -0.4 is 10.6 Å². The van der Waals surface area contributed by atoms with Crippen molar-refractivity contribution in [3.63, 3.8) is 0 Å². The molecule has 0 bridgehead atoms. The van der Waals surface area contributed by atoms with Crippen molar-refractivity contribution in [3.05, 3.63) is 28.2 Å². The van der Waals surface area contributed by atoms with Crippen LogP contribution in [0.25, 0.3) is 0 Å². The van der Waals surface area contributed by atoms with Crippen LogP contribution in [0.2, 0.25) is 0 Å². The number of halogens is 1. The summed E-state index contributed by atoms with van der Waals surface area (Å²) in [6.07, 6.45) is 0. The highest BCUT2D eigenvalue weighted by atomic mass is 79.9. The fraction of sp³-hybridized carbons (Fsp3) is 0.385. The van der Waals surface area contributed by atoms with Crippen molar-refractivity contribution in [2.75, 3.05) is 26.0 Å². The maximum atomic E-state index is 11.8. The Kier molecular flexibility index (Phi) is 5.97. The van der Waals surface area contributed by atoms with Gasteiger partial charge < -0.3 is 20.6 Å². The number of hydrogen-bond donors (Lipinski definition) is 3. The Labute approximate surface area is 126 Å². The molecule has 0 saturated heterocycles. The third kappa shape index (κ3) is 5.18. The molecule has 0 radical (unpaired) electrons. The number of likely N-dealkylation sites (N-methyl/N-ethyl adjacent to an activating group) is 1. The molecule has 6 nitrogen and oxygen atoms in total. The Bertz CT molecular complexity index is 506. The molecule has 0 aliphatic heterocycles. The minimum atomic E-state index is -1.01. The van der Waals surface area contributed by atoms with Gasteiger partial charge in [0.2, 0.25) is 0 Å². The summed E-state index contributed by atoms with van der Waals surface area (Å²) < 4.78 is 0.521. The lowest BCUT2D eigenvalue weighted by molar-refractivity contribution is 0.0697. The fourth-order valence-electron chi connectivity index (χ4n) is 1.73. The van der Waals surface area contributed by atoms with Crippen molar-refractivity contribution in [1.82, 2.24) is 10.2 Å². The first-order chi connectivity index (χ1) is 9.29. The number of aromatic carboxylic acids is 1. The summed E-state index contributed by atoms with van der Waals surface area (Å²) in [5.74, 6) is -1.01. The molecule has 0 aliphatic carbocycles. The number of urea groups is 1. The van der Waals surface area contributed by atoms with E-state index in [1.807, 2.05) is 25.9 Å². The van der Waals surface area contributed by atoms with Gasteiger partial charge in [-0.05, 0) is 55.1 Å². The molecule has 1 aromatic rings. The van der Waals surface area contributed by atoms with E-state index in [2.05, 4.69) is 26.6 Å². The highest BCUT2D eigenvalue weighted by Crippen LogP contribution is 2.23. The van der Waals surface area contributed by atoms with Gasteiger partial charge in [-0.15, -0.1) is 0 Å². The standard InChI is InChI=1S/C13H18BrN3O3/c1-8(7-17(2)3)15-13(20)16-11-5-4-9(12(18)19)6-10(11)14/h4-6,8H,7H2,1-3H3,(H,18,19)(H2,15,16,20). The van der Waals surface area contributed by atoms with E-state index in [4.69, 9.17) is 5.11 Å².